The highest BCUT2D eigenvalue weighted by atomic mass is 16.5. The Kier molecular flexibility index (Phi) is 4.39. The molecule has 0 unspecified atom stereocenters. The molecular formula is C16H20N2O. The normalized spacial score (nSPS) is 10.5. The third-order valence-electron chi connectivity index (χ3n) is 3.08. The first kappa shape index (κ1) is 13.4. The van der Waals surface area contributed by atoms with Crippen molar-refractivity contribution >= 4 is 5.69 Å². The number of pyridine rings is 1. The lowest BCUT2D eigenvalue weighted by Gasteiger charge is -2.09. The van der Waals surface area contributed by atoms with E-state index in [-0.39, 0.29) is 0 Å². The van der Waals surface area contributed by atoms with Gasteiger partial charge in [0.15, 0.2) is 0 Å². The molecule has 0 radical (unpaired) electrons. The van der Waals surface area contributed by atoms with Crippen LogP contribution in [0.2, 0.25) is 0 Å². The van der Waals surface area contributed by atoms with Crippen molar-refractivity contribution < 1.29 is 4.74 Å². The van der Waals surface area contributed by atoms with Crippen LogP contribution in [-0.2, 0) is 6.54 Å². The first-order valence-electron chi connectivity index (χ1n) is 6.52. The smallest absolute Gasteiger partial charge is 0.137 e. The third-order valence-corrected chi connectivity index (χ3v) is 3.08. The van der Waals surface area contributed by atoms with E-state index in [9.17, 15) is 0 Å². The minimum Gasteiger partial charge on any atom is -0.495 e. The van der Waals surface area contributed by atoms with Crippen LogP contribution in [0.15, 0.2) is 42.6 Å². The summed E-state index contributed by atoms with van der Waals surface area (Å²) in [7, 11) is 1.64. The fourth-order valence-corrected chi connectivity index (χ4v) is 1.81. The summed E-state index contributed by atoms with van der Waals surface area (Å²) in [4.78, 5) is 4.32. The minimum atomic E-state index is 0.567. The van der Waals surface area contributed by atoms with Gasteiger partial charge in [0.25, 0.3) is 0 Å². The van der Waals surface area contributed by atoms with Gasteiger partial charge in [0, 0.05) is 5.69 Å². The maximum Gasteiger partial charge on any atom is 0.137 e. The zero-order chi connectivity index (χ0) is 13.7. The summed E-state index contributed by atoms with van der Waals surface area (Å²) in [5.74, 6) is 1.35. The van der Waals surface area contributed by atoms with Gasteiger partial charge in [-0.1, -0.05) is 26.0 Å². The SMILES string of the molecule is COc1ccc(CNc2ccc(C(C)C)cc2)nc1. The number of nitrogens with one attached hydrogen (secondary N) is 1. The highest BCUT2D eigenvalue weighted by molar-refractivity contribution is 5.45. The Hall–Kier alpha value is -2.03. The van der Waals surface area contributed by atoms with Gasteiger partial charge in [0.05, 0.1) is 25.5 Å². The van der Waals surface area contributed by atoms with Crippen LogP contribution < -0.4 is 10.1 Å². The number of nitrogens with zero attached hydrogens (tertiary/aromatic N) is 1. The average molecular weight is 256 g/mol. The van der Waals surface area contributed by atoms with Gasteiger partial charge in [-0.25, -0.2) is 0 Å². The van der Waals surface area contributed by atoms with Crippen molar-refractivity contribution in [2.75, 3.05) is 12.4 Å². The number of hydrogen-bond acceptors (Lipinski definition) is 3. The summed E-state index contributed by atoms with van der Waals surface area (Å²) in [6.07, 6.45) is 1.73. The molecule has 0 aliphatic rings. The van der Waals surface area contributed by atoms with Crippen LogP contribution in [-0.4, -0.2) is 12.1 Å². The molecule has 0 spiro atoms. The van der Waals surface area contributed by atoms with Crippen molar-refractivity contribution in [1.29, 1.82) is 0 Å². The molecule has 1 aromatic carbocycles. The second kappa shape index (κ2) is 6.23. The zero-order valence-electron chi connectivity index (χ0n) is 11.7. The van der Waals surface area contributed by atoms with E-state index in [1.807, 2.05) is 12.1 Å². The molecule has 1 N–H and O–H groups in total. The standard InChI is InChI=1S/C16H20N2O/c1-12(2)13-4-6-14(7-5-13)17-10-15-8-9-16(19-3)11-18-15/h4-9,11-12,17H,10H2,1-3H3. The summed E-state index contributed by atoms with van der Waals surface area (Å²) >= 11 is 0. The highest BCUT2D eigenvalue weighted by Gasteiger charge is 2.00. The molecule has 2 rings (SSSR count). The molecule has 0 bridgehead atoms. The summed E-state index contributed by atoms with van der Waals surface area (Å²) in [6.45, 7) is 5.11. The fraction of sp³-hybridized carbons (Fsp3) is 0.312. The Morgan fingerprint density at radius 3 is 2.37 bits per heavy atom. The number of benzene rings is 1. The molecule has 0 saturated heterocycles. The molecule has 1 aromatic heterocycles. The second-order valence-corrected chi connectivity index (χ2v) is 4.82. The van der Waals surface area contributed by atoms with Gasteiger partial charge in [-0.2, -0.15) is 0 Å². The lowest BCUT2D eigenvalue weighted by atomic mass is 10.0. The van der Waals surface area contributed by atoms with Crippen LogP contribution in [0.3, 0.4) is 0 Å². The molecule has 0 fully saturated rings. The largest absolute Gasteiger partial charge is 0.495 e. The van der Waals surface area contributed by atoms with Crippen LogP contribution in [0.4, 0.5) is 5.69 Å². The molecule has 2 aromatic rings. The summed E-state index contributed by atoms with van der Waals surface area (Å²) in [5, 5.41) is 3.36. The molecule has 0 aliphatic carbocycles. The van der Waals surface area contributed by atoms with Crippen molar-refractivity contribution in [1.82, 2.24) is 4.98 Å². The van der Waals surface area contributed by atoms with Crippen LogP contribution in [0.1, 0.15) is 31.0 Å². The highest BCUT2D eigenvalue weighted by Crippen LogP contribution is 2.17. The van der Waals surface area contributed by atoms with Gasteiger partial charge in [-0.05, 0) is 35.7 Å². The minimum absolute atomic E-state index is 0.567. The van der Waals surface area contributed by atoms with E-state index < -0.39 is 0 Å². The predicted octanol–water partition coefficient (Wildman–Crippen LogP) is 3.83. The first-order valence-corrected chi connectivity index (χ1v) is 6.52. The number of methoxy groups -OCH3 is 1. The molecule has 0 atom stereocenters. The molecular weight excluding hydrogens is 236 g/mol. The van der Waals surface area contributed by atoms with E-state index in [1.54, 1.807) is 13.3 Å². The Balaban J connectivity index is 1.94. The number of anilines is 1. The van der Waals surface area contributed by atoms with E-state index in [2.05, 4.69) is 48.4 Å². The van der Waals surface area contributed by atoms with Crippen LogP contribution in [0, 0.1) is 0 Å². The Bertz CT molecular complexity index is 503. The van der Waals surface area contributed by atoms with Crippen molar-refractivity contribution in [2.45, 2.75) is 26.3 Å². The summed E-state index contributed by atoms with van der Waals surface area (Å²) in [6, 6.07) is 12.4. The van der Waals surface area contributed by atoms with Gasteiger partial charge >= 0.3 is 0 Å². The number of hydrogen-bond donors (Lipinski definition) is 1. The van der Waals surface area contributed by atoms with Crippen LogP contribution >= 0.6 is 0 Å². The number of ether oxygens (including phenoxy) is 1. The molecule has 100 valence electrons. The fourth-order valence-electron chi connectivity index (χ4n) is 1.81. The van der Waals surface area contributed by atoms with Gasteiger partial charge < -0.3 is 10.1 Å². The molecule has 19 heavy (non-hydrogen) atoms. The Labute approximate surface area is 114 Å². The molecule has 0 aliphatic heterocycles. The number of aromatic nitrogens is 1. The lowest BCUT2D eigenvalue weighted by molar-refractivity contribution is 0.412. The molecule has 1 heterocycles. The topological polar surface area (TPSA) is 34.1 Å². The lowest BCUT2D eigenvalue weighted by Crippen LogP contribution is -2.01. The van der Waals surface area contributed by atoms with Gasteiger partial charge in [-0.3, -0.25) is 4.98 Å². The van der Waals surface area contributed by atoms with Gasteiger partial charge in [-0.15, -0.1) is 0 Å². The second-order valence-electron chi connectivity index (χ2n) is 4.82. The molecule has 0 saturated carbocycles. The zero-order valence-corrected chi connectivity index (χ0v) is 11.7. The molecule has 3 nitrogen and oxygen atoms in total. The third kappa shape index (κ3) is 3.71. The first-order chi connectivity index (χ1) is 9.19. The van der Waals surface area contributed by atoms with Gasteiger partial charge in [0.2, 0.25) is 0 Å². The van der Waals surface area contributed by atoms with Crippen molar-refractivity contribution in [2.24, 2.45) is 0 Å². The molecule has 3 heteroatoms. The Morgan fingerprint density at radius 2 is 1.84 bits per heavy atom. The van der Waals surface area contributed by atoms with Crippen molar-refractivity contribution in [3.05, 3.63) is 53.9 Å². The monoisotopic (exact) mass is 256 g/mol. The molecule has 0 amide bonds. The van der Waals surface area contributed by atoms with E-state index in [0.29, 0.717) is 12.5 Å². The number of rotatable bonds is 5. The average Bonchev–Trinajstić information content (AvgIpc) is 2.46. The van der Waals surface area contributed by atoms with E-state index >= 15 is 0 Å². The quantitative estimate of drug-likeness (QED) is 0.883. The summed E-state index contributed by atoms with van der Waals surface area (Å²) in [5.41, 5.74) is 3.46. The van der Waals surface area contributed by atoms with E-state index in [1.165, 1.54) is 5.56 Å². The maximum absolute atomic E-state index is 5.08. The van der Waals surface area contributed by atoms with Crippen LogP contribution in [0.25, 0.3) is 0 Å². The van der Waals surface area contributed by atoms with Crippen molar-refractivity contribution in [3.63, 3.8) is 0 Å². The van der Waals surface area contributed by atoms with E-state index in [4.69, 9.17) is 4.74 Å². The predicted molar refractivity (Wildman–Crippen MR) is 78.6 cm³/mol. The Morgan fingerprint density at radius 1 is 1.11 bits per heavy atom. The van der Waals surface area contributed by atoms with E-state index in [0.717, 1.165) is 17.1 Å². The van der Waals surface area contributed by atoms with Gasteiger partial charge in [0.1, 0.15) is 5.75 Å². The van der Waals surface area contributed by atoms with Crippen LogP contribution in [0.5, 0.6) is 5.75 Å². The summed E-state index contributed by atoms with van der Waals surface area (Å²) < 4.78 is 5.08. The van der Waals surface area contributed by atoms with Crippen molar-refractivity contribution in [3.8, 4) is 5.75 Å². The maximum atomic E-state index is 5.08.